The van der Waals surface area contributed by atoms with Crippen LogP contribution in [-0.2, 0) is 21.1 Å². The number of nitrogens with zero attached hydrogens (tertiary/aromatic N) is 1. The molecule has 0 radical (unpaired) electrons. The topological polar surface area (TPSA) is 82.4 Å². The number of rotatable bonds is 4. The summed E-state index contributed by atoms with van der Waals surface area (Å²) in [6.45, 7) is 2.52. The molecule has 2 aromatic rings. The molecule has 0 N–H and O–H groups in total. The van der Waals surface area contributed by atoms with Crippen molar-refractivity contribution in [3.8, 4) is 11.1 Å². The Balaban J connectivity index is 1.98. The monoisotopic (exact) mass is 389 g/mol. The number of pyridine rings is 1. The van der Waals surface area contributed by atoms with E-state index in [1.807, 2.05) is 35.8 Å². The maximum absolute atomic E-state index is 12.8. The predicted molar refractivity (Wildman–Crippen MR) is 104 cm³/mol. The first-order valence-electron chi connectivity index (χ1n) is 8.89. The Morgan fingerprint density at radius 2 is 1.78 bits per heavy atom. The molecular formula is C20H23NO5S. The molecule has 6 nitrogen and oxygen atoms in total. The average Bonchev–Trinajstić information content (AvgIpc) is 2.65. The van der Waals surface area contributed by atoms with Gasteiger partial charge in [0.15, 0.2) is 0 Å². The third kappa shape index (κ3) is 4.47. The molecule has 1 aliphatic heterocycles. The van der Waals surface area contributed by atoms with Crippen molar-refractivity contribution in [1.82, 2.24) is 4.57 Å². The number of sulfone groups is 1. The Labute approximate surface area is 158 Å². The van der Waals surface area contributed by atoms with Crippen molar-refractivity contribution in [3.63, 3.8) is 0 Å². The van der Waals surface area contributed by atoms with Gasteiger partial charge in [-0.3, -0.25) is 4.79 Å². The summed E-state index contributed by atoms with van der Waals surface area (Å²) in [5.74, 6) is -0.111. The van der Waals surface area contributed by atoms with E-state index in [2.05, 4.69) is 0 Å². The van der Waals surface area contributed by atoms with Crippen LogP contribution < -0.4 is 5.43 Å². The lowest BCUT2D eigenvalue weighted by atomic mass is 10.0. The Hall–Kier alpha value is -2.41. The van der Waals surface area contributed by atoms with Crippen LogP contribution >= 0.6 is 0 Å². The molecule has 144 valence electrons. The van der Waals surface area contributed by atoms with Crippen LogP contribution in [-0.4, -0.2) is 37.6 Å². The zero-order valence-corrected chi connectivity index (χ0v) is 16.3. The first-order chi connectivity index (χ1) is 12.8. The van der Waals surface area contributed by atoms with Crippen LogP contribution in [0.25, 0.3) is 11.1 Å². The highest BCUT2D eigenvalue weighted by molar-refractivity contribution is 7.91. The molecule has 1 fully saturated rings. The first-order valence-corrected chi connectivity index (χ1v) is 10.7. The summed E-state index contributed by atoms with van der Waals surface area (Å²) in [6.07, 6.45) is 4.42. The molecular weight excluding hydrogens is 366 g/mol. The van der Waals surface area contributed by atoms with Crippen LogP contribution in [0, 0.1) is 12.8 Å². The SMILES string of the molecule is COC(=O)c1cn(CC2CCS(=O)(=O)CC2)cc(-c2ccc(C)cc2)c1=O. The molecule has 0 atom stereocenters. The number of carbonyl (C=O) groups is 1. The number of hydrogen-bond acceptors (Lipinski definition) is 5. The minimum atomic E-state index is -2.93. The molecule has 0 unspecified atom stereocenters. The van der Waals surface area contributed by atoms with E-state index in [-0.39, 0.29) is 28.4 Å². The zero-order valence-electron chi connectivity index (χ0n) is 15.5. The fourth-order valence-corrected chi connectivity index (χ4v) is 4.94. The van der Waals surface area contributed by atoms with E-state index in [4.69, 9.17) is 4.74 Å². The van der Waals surface area contributed by atoms with Gasteiger partial charge in [0.2, 0.25) is 5.43 Å². The van der Waals surface area contributed by atoms with Crippen molar-refractivity contribution in [3.05, 3.63) is 58.0 Å². The third-order valence-corrected chi connectivity index (χ3v) is 6.71. The van der Waals surface area contributed by atoms with Gasteiger partial charge in [0.1, 0.15) is 15.4 Å². The molecule has 1 aromatic heterocycles. The van der Waals surface area contributed by atoms with Gasteiger partial charge in [-0.05, 0) is 31.2 Å². The number of carbonyl (C=O) groups excluding carboxylic acids is 1. The smallest absolute Gasteiger partial charge is 0.343 e. The van der Waals surface area contributed by atoms with Gasteiger partial charge in [-0.1, -0.05) is 29.8 Å². The largest absolute Gasteiger partial charge is 0.465 e. The van der Waals surface area contributed by atoms with E-state index in [9.17, 15) is 18.0 Å². The molecule has 0 spiro atoms. The summed E-state index contributed by atoms with van der Waals surface area (Å²) in [6, 6.07) is 7.53. The van der Waals surface area contributed by atoms with Crippen LogP contribution in [0.1, 0.15) is 28.8 Å². The molecule has 1 saturated heterocycles. The second-order valence-corrected chi connectivity index (χ2v) is 9.37. The molecule has 7 heteroatoms. The first kappa shape index (κ1) is 19.4. The molecule has 0 saturated carbocycles. The van der Waals surface area contributed by atoms with Gasteiger partial charge >= 0.3 is 5.97 Å². The third-order valence-electron chi connectivity index (χ3n) is 4.99. The lowest BCUT2D eigenvalue weighted by molar-refractivity contribution is 0.0598. The number of benzene rings is 1. The van der Waals surface area contributed by atoms with Gasteiger partial charge in [0.25, 0.3) is 0 Å². The number of methoxy groups -OCH3 is 1. The molecule has 1 aliphatic rings. The van der Waals surface area contributed by atoms with Crippen molar-refractivity contribution in [2.75, 3.05) is 18.6 Å². The second-order valence-electron chi connectivity index (χ2n) is 7.06. The summed E-state index contributed by atoms with van der Waals surface area (Å²) < 4.78 is 29.8. The predicted octanol–water partition coefficient (Wildman–Crippen LogP) is 2.44. The van der Waals surface area contributed by atoms with Gasteiger partial charge in [0, 0.05) is 24.5 Å². The number of aryl methyl sites for hydroxylation is 1. The van der Waals surface area contributed by atoms with Crippen LogP contribution in [0.3, 0.4) is 0 Å². The van der Waals surface area contributed by atoms with Crippen LogP contribution in [0.15, 0.2) is 41.5 Å². The van der Waals surface area contributed by atoms with Gasteiger partial charge < -0.3 is 9.30 Å². The quantitative estimate of drug-likeness (QED) is 0.750. The number of aromatic nitrogens is 1. The summed E-state index contributed by atoms with van der Waals surface area (Å²) in [5.41, 5.74) is 1.86. The highest BCUT2D eigenvalue weighted by Crippen LogP contribution is 2.22. The van der Waals surface area contributed by atoms with Crippen molar-refractivity contribution < 1.29 is 17.9 Å². The van der Waals surface area contributed by atoms with E-state index < -0.39 is 15.8 Å². The highest BCUT2D eigenvalue weighted by Gasteiger charge is 2.24. The highest BCUT2D eigenvalue weighted by atomic mass is 32.2. The molecule has 2 heterocycles. The van der Waals surface area contributed by atoms with Crippen molar-refractivity contribution in [1.29, 1.82) is 0 Å². The van der Waals surface area contributed by atoms with E-state index >= 15 is 0 Å². The fraction of sp³-hybridized carbons (Fsp3) is 0.400. The lowest BCUT2D eigenvalue weighted by Crippen LogP contribution is -2.27. The maximum Gasteiger partial charge on any atom is 0.343 e. The molecule has 0 amide bonds. The summed E-state index contributed by atoms with van der Waals surface area (Å²) in [5, 5.41) is 0. The summed E-state index contributed by atoms with van der Waals surface area (Å²) in [7, 11) is -1.68. The summed E-state index contributed by atoms with van der Waals surface area (Å²) >= 11 is 0. The Bertz CT molecular complexity index is 992. The second kappa shape index (κ2) is 7.68. The minimum Gasteiger partial charge on any atom is -0.465 e. The minimum absolute atomic E-state index is 0.0148. The van der Waals surface area contributed by atoms with Gasteiger partial charge in [-0.2, -0.15) is 0 Å². The van der Waals surface area contributed by atoms with E-state index in [1.165, 1.54) is 13.3 Å². The number of esters is 1. The van der Waals surface area contributed by atoms with Crippen molar-refractivity contribution in [2.24, 2.45) is 5.92 Å². The molecule has 3 rings (SSSR count). The molecule has 1 aromatic carbocycles. The van der Waals surface area contributed by atoms with E-state index in [1.54, 1.807) is 6.20 Å². The standard InChI is InChI=1S/C20H23NO5S/c1-14-3-5-16(6-4-14)17-12-21(13-18(19(17)22)20(23)26-2)11-15-7-9-27(24,25)10-8-15/h3-6,12-13,15H,7-11H2,1-2H3. The Morgan fingerprint density at radius 1 is 1.15 bits per heavy atom. The number of hydrogen-bond donors (Lipinski definition) is 0. The van der Waals surface area contributed by atoms with Gasteiger partial charge in [-0.15, -0.1) is 0 Å². The van der Waals surface area contributed by atoms with Crippen molar-refractivity contribution in [2.45, 2.75) is 26.3 Å². The van der Waals surface area contributed by atoms with E-state index in [0.29, 0.717) is 24.9 Å². The van der Waals surface area contributed by atoms with Crippen molar-refractivity contribution >= 4 is 15.8 Å². The van der Waals surface area contributed by atoms with Gasteiger partial charge in [0.05, 0.1) is 18.6 Å². The van der Waals surface area contributed by atoms with Crippen LogP contribution in [0.5, 0.6) is 0 Å². The van der Waals surface area contributed by atoms with E-state index in [0.717, 1.165) is 11.1 Å². The van der Waals surface area contributed by atoms with Crippen LogP contribution in [0.4, 0.5) is 0 Å². The molecule has 27 heavy (non-hydrogen) atoms. The zero-order chi connectivity index (χ0) is 19.6. The lowest BCUT2D eigenvalue weighted by Gasteiger charge is -2.23. The van der Waals surface area contributed by atoms with Crippen LogP contribution in [0.2, 0.25) is 0 Å². The fourth-order valence-electron chi connectivity index (χ4n) is 3.35. The Morgan fingerprint density at radius 3 is 2.37 bits per heavy atom. The Kier molecular flexibility index (Phi) is 5.51. The normalized spacial score (nSPS) is 16.8. The van der Waals surface area contributed by atoms with Gasteiger partial charge in [-0.25, -0.2) is 13.2 Å². The molecule has 0 aliphatic carbocycles. The summed E-state index contributed by atoms with van der Waals surface area (Å²) in [4.78, 5) is 24.9. The maximum atomic E-state index is 12.8. The number of ether oxygens (including phenoxy) is 1. The average molecular weight is 389 g/mol. The molecule has 0 bridgehead atoms.